The number of aromatic nitrogens is 4. The molecular weight excluding hydrogens is 454 g/mol. The molecule has 1 aliphatic rings. The van der Waals surface area contributed by atoms with Crippen molar-refractivity contribution in [2.75, 3.05) is 6.54 Å². The summed E-state index contributed by atoms with van der Waals surface area (Å²) in [6, 6.07) is 15.4. The molecule has 8 heteroatoms. The molecule has 3 N–H and O–H groups in total. The number of aryl methyl sites for hydroxylation is 1. The van der Waals surface area contributed by atoms with Crippen LogP contribution in [0.25, 0.3) is 22.2 Å². The average molecular weight is 486 g/mol. The highest BCUT2D eigenvalue weighted by Crippen LogP contribution is 2.44. The second-order valence-electron chi connectivity index (χ2n) is 9.52. The Kier molecular flexibility index (Phi) is 6.84. The van der Waals surface area contributed by atoms with Gasteiger partial charge in [-0.1, -0.05) is 55.7 Å². The number of carboxylic acids is 1. The molecule has 1 amide bonds. The minimum Gasteiger partial charge on any atom is -0.478 e. The molecule has 2 heterocycles. The molecule has 1 fully saturated rings. The van der Waals surface area contributed by atoms with E-state index in [1.807, 2.05) is 35.8 Å². The Morgan fingerprint density at radius 1 is 1.11 bits per heavy atom. The van der Waals surface area contributed by atoms with Crippen molar-refractivity contribution in [2.45, 2.75) is 57.9 Å². The van der Waals surface area contributed by atoms with Crippen molar-refractivity contribution in [1.29, 1.82) is 0 Å². The van der Waals surface area contributed by atoms with Gasteiger partial charge in [-0.05, 0) is 48.9 Å². The second-order valence-corrected chi connectivity index (χ2v) is 9.52. The van der Waals surface area contributed by atoms with E-state index < -0.39 is 5.97 Å². The average Bonchev–Trinajstić information content (AvgIpc) is 3.45. The molecule has 0 bridgehead atoms. The van der Waals surface area contributed by atoms with Crippen LogP contribution in [0.5, 0.6) is 0 Å². The maximum atomic E-state index is 13.1. The molecule has 36 heavy (non-hydrogen) atoms. The third-order valence-electron chi connectivity index (χ3n) is 7.03. The number of H-pyrrole nitrogens is 1. The summed E-state index contributed by atoms with van der Waals surface area (Å²) in [6.07, 6.45) is 6.33. The van der Waals surface area contributed by atoms with Crippen LogP contribution in [0.15, 0.2) is 48.5 Å². The van der Waals surface area contributed by atoms with Crippen LogP contribution in [-0.4, -0.2) is 43.3 Å². The minimum atomic E-state index is -0.976. The summed E-state index contributed by atoms with van der Waals surface area (Å²) in [6.45, 7) is 2.36. The first-order chi connectivity index (χ1) is 17.5. The van der Waals surface area contributed by atoms with Gasteiger partial charge in [-0.15, -0.1) is 0 Å². The van der Waals surface area contributed by atoms with Crippen molar-refractivity contribution >= 4 is 22.8 Å². The van der Waals surface area contributed by atoms with Crippen molar-refractivity contribution in [2.24, 2.45) is 0 Å². The van der Waals surface area contributed by atoms with Crippen molar-refractivity contribution in [3.05, 3.63) is 71.3 Å². The quantitative estimate of drug-likeness (QED) is 0.331. The second kappa shape index (κ2) is 10.4. The molecule has 186 valence electrons. The molecule has 0 saturated heterocycles. The van der Waals surface area contributed by atoms with E-state index in [1.165, 1.54) is 24.8 Å². The number of carbonyl (C=O) groups excluding carboxylic acids is 1. The summed E-state index contributed by atoms with van der Waals surface area (Å²) >= 11 is 0. The van der Waals surface area contributed by atoms with Crippen LogP contribution in [0.4, 0.5) is 0 Å². The van der Waals surface area contributed by atoms with Crippen LogP contribution >= 0.6 is 0 Å². The van der Waals surface area contributed by atoms with E-state index in [2.05, 4.69) is 32.6 Å². The van der Waals surface area contributed by atoms with Gasteiger partial charge >= 0.3 is 5.97 Å². The zero-order chi connectivity index (χ0) is 25.1. The molecule has 0 unspecified atom stereocenters. The van der Waals surface area contributed by atoms with Gasteiger partial charge < -0.3 is 15.0 Å². The Hall–Kier alpha value is -3.94. The Morgan fingerprint density at radius 3 is 2.58 bits per heavy atom. The summed E-state index contributed by atoms with van der Waals surface area (Å²) in [4.78, 5) is 29.2. The van der Waals surface area contributed by atoms with E-state index in [0.29, 0.717) is 24.7 Å². The largest absolute Gasteiger partial charge is 0.478 e. The number of nitrogens with zero attached hydrogens (tertiary/aromatic N) is 3. The van der Waals surface area contributed by atoms with Gasteiger partial charge in [0.25, 0.3) is 0 Å². The van der Waals surface area contributed by atoms with Crippen LogP contribution in [0.1, 0.15) is 65.6 Å². The fraction of sp³-hybridized carbons (Fsp3) is 0.357. The smallest absolute Gasteiger partial charge is 0.335 e. The highest BCUT2D eigenvalue weighted by Gasteiger charge is 2.27. The monoisotopic (exact) mass is 485 g/mol. The molecule has 5 rings (SSSR count). The van der Waals surface area contributed by atoms with Gasteiger partial charge in [-0.25, -0.2) is 9.78 Å². The van der Waals surface area contributed by atoms with Crippen LogP contribution in [0, 0.1) is 6.92 Å². The number of fused-ring (bicyclic) bond motifs is 1. The van der Waals surface area contributed by atoms with Crippen molar-refractivity contribution < 1.29 is 14.7 Å². The van der Waals surface area contributed by atoms with Gasteiger partial charge in [0, 0.05) is 18.4 Å². The number of aromatic amines is 1. The Labute approximate surface area is 209 Å². The lowest BCUT2D eigenvalue weighted by Crippen LogP contribution is -2.29. The van der Waals surface area contributed by atoms with Crippen molar-refractivity contribution in [3.63, 3.8) is 0 Å². The molecule has 0 aliphatic heterocycles. The number of nitrogens with one attached hydrogen (secondary N) is 2. The summed E-state index contributed by atoms with van der Waals surface area (Å²) in [5, 5.41) is 20.6. The number of benzene rings is 2. The van der Waals surface area contributed by atoms with E-state index in [1.54, 1.807) is 12.1 Å². The zero-order valence-corrected chi connectivity index (χ0v) is 20.5. The molecule has 8 nitrogen and oxygen atoms in total. The topological polar surface area (TPSA) is 113 Å². The third kappa shape index (κ3) is 4.89. The summed E-state index contributed by atoms with van der Waals surface area (Å²) in [5.74, 6) is 0.677. The van der Waals surface area contributed by atoms with Gasteiger partial charge in [0.2, 0.25) is 5.91 Å². The summed E-state index contributed by atoms with van der Waals surface area (Å²) in [5.41, 5.74) is 4.29. The van der Waals surface area contributed by atoms with Crippen LogP contribution in [0.2, 0.25) is 0 Å². The standard InChI is InChI=1S/C28H31N5O3/c1-18-30-24(32-31-18)14-15-29-25(34)17-33-23-16-21(28(35)36)12-13-22(23)26(19-8-4-2-5-9-19)27(33)20-10-6-3-7-11-20/h3,6-7,10-13,16,19H,2,4-5,8-9,14-15,17H2,1H3,(H,29,34)(H,35,36)(H,30,31,32). The maximum Gasteiger partial charge on any atom is 0.335 e. The lowest BCUT2D eigenvalue weighted by Gasteiger charge is -2.23. The fourth-order valence-electron chi connectivity index (χ4n) is 5.40. The minimum absolute atomic E-state index is 0.101. The van der Waals surface area contributed by atoms with Gasteiger partial charge in [-0.3, -0.25) is 9.89 Å². The molecule has 1 saturated carbocycles. The lowest BCUT2D eigenvalue weighted by molar-refractivity contribution is -0.121. The predicted octanol–water partition coefficient (Wildman–Crippen LogP) is 4.84. The first-order valence-corrected chi connectivity index (χ1v) is 12.6. The first-order valence-electron chi connectivity index (χ1n) is 12.6. The van der Waals surface area contributed by atoms with Gasteiger partial charge in [-0.2, -0.15) is 5.10 Å². The molecule has 0 spiro atoms. The molecule has 0 atom stereocenters. The van der Waals surface area contributed by atoms with Gasteiger partial charge in [0.15, 0.2) is 5.82 Å². The number of hydrogen-bond acceptors (Lipinski definition) is 4. The van der Waals surface area contributed by atoms with Crippen molar-refractivity contribution in [3.8, 4) is 11.3 Å². The number of amides is 1. The zero-order valence-electron chi connectivity index (χ0n) is 20.5. The number of carboxylic acid groups (broad SMARTS) is 1. The molecular formula is C28H31N5O3. The van der Waals surface area contributed by atoms with E-state index >= 15 is 0 Å². The SMILES string of the molecule is Cc1nc(CCNC(=O)Cn2c(-c3ccccc3)c(C3CCCCC3)c3ccc(C(=O)O)cc32)n[nH]1. The molecule has 0 radical (unpaired) electrons. The number of carbonyl (C=O) groups is 2. The number of aromatic carboxylic acids is 1. The van der Waals surface area contributed by atoms with E-state index in [4.69, 9.17) is 0 Å². The van der Waals surface area contributed by atoms with E-state index in [0.717, 1.165) is 40.8 Å². The van der Waals surface area contributed by atoms with Crippen LogP contribution in [-0.2, 0) is 17.8 Å². The van der Waals surface area contributed by atoms with Crippen LogP contribution < -0.4 is 5.32 Å². The number of hydrogen-bond donors (Lipinski definition) is 3. The Bertz CT molecular complexity index is 1380. The fourth-order valence-corrected chi connectivity index (χ4v) is 5.40. The summed E-state index contributed by atoms with van der Waals surface area (Å²) in [7, 11) is 0. The highest BCUT2D eigenvalue weighted by molar-refractivity contribution is 5.99. The molecule has 4 aromatic rings. The normalized spacial score (nSPS) is 14.2. The van der Waals surface area contributed by atoms with Crippen molar-refractivity contribution in [1.82, 2.24) is 25.1 Å². The Balaban J connectivity index is 1.55. The summed E-state index contributed by atoms with van der Waals surface area (Å²) < 4.78 is 2.01. The van der Waals surface area contributed by atoms with Gasteiger partial charge in [0.1, 0.15) is 12.4 Å². The molecule has 2 aromatic heterocycles. The lowest BCUT2D eigenvalue weighted by atomic mass is 9.82. The predicted molar refractivity (Wildman–Crippen MR) is 138 cm³/mol. The Morgan fingerprint density at radius 2 is 1.89 bits per heavy atom. The number of rotatable bonds is 8. The highest BCUT2D eigenvalue weighted by atomic mass is 16.4. The first kappa shape index (κ1) is 23.8. The van der Waals surface area contributed by atoms with E-state index in [9.17, 15) is 14.7 Å². The molecule has 2 aromatic carbocycles. The molecule has 1 aliphatic carbocycles. The van der Waals surface area contributed by atoms with E-state index in [-0.39, 0.29) is 18.0 Å². The maximum absolute atomic E-state index is 13.1. The van der Waals surface area contributed by atoms with Gasteiger partial charge in [0.05, 0.1) is 16.8 Å². The van der Waals surface area contributed by atoms with Crippen LogP contribution in [0.3, 0.4) is 0 Å². The third-order valence-corrected chi connectivity index (χ3v) is 7.03.